The monoisotopic (exact) mass is 420 g/mol. The van der Waals surface area contributed by atoms with Crippen LogP contribution in [0.25, 0.3) is 6.08 Å². The maximum atomic E-state index is 12.7. The van der Waals surface area contributed by atoms with E-state index in [0.717, 1.165) is 17.7 Å². The number of aryl methyl sites for hydroxylation is 1. The number of hydrogen-bond acceptors (Lipinski definition) is 5. The van der Waals surface area contributed by atoms with Crippen molar-refractivity contribution in [3.8, 4) is 0 Å². The molecule has 1 saturated heterocycles. The predicted octanol–water partition coefficient (Wildman–Crippen LogP) is 3.93. The molecule has 1 heterocycles. The Morgan fingerprint density at radius 3 is 2.37 bits per heavy atom. The molecule has 1 N–H and O–H groups in total. The zero-order valence-corrected chi connectivity index (χ0v) is 16.0. The van der Waals surface area contributed by atoms with Crippen molar-refractivity contribution in [3.63, 3.8) is 0 Å². The second kappa shape index (κ2) is 8.31. The molecule has 2 aromatic carbocycles. The fourth-order valence-electron chi connectivity index (χ4n) is 2.98. The summed E-state index contributed by atoms with van der Waals surface area (Å²) in [6.07, 6.45) is -3.11. The van der Waals surface area contributed by atoms with Crippen LogP contribution in [0.2, 0.25) is 0 Å². The molecule has 0 aliphatic carbocycles. The molecule has 5 nitrogen and oxygen atoms in total. The Morgan fingerprint density at radius 2 is 1.80 bits per heavy atom. The van der Waals surface area contributed by atoms with Crippen LogP contribution in [0.15, 0.2) is 54.1 Å². The average molecular weight is 420 g/mol. The summed E-state index contributed by atoms with van der Waals surface area (Å²) >= 11 is 0. The van der Waals surface area contributed by atoms with Crippen LogP contribution in [0.3, 0.4) is 0 Å². The summed E-state index contributed by atoms with van der Waals surface area (Å²) in [6, 6.07) is 11.0. The number of aliphatic hydroxyl groups is 1. The summed E-state index contributed by atoms with van der Waals surface area (Å²) < 4.78 is 48.5. The molecule has 1 aliphatic rings. The maximum absolute atomic E-state index is 12.7. The van der Waals surface area contributed by atoms with Crippen molar-refractivity contribution in [1.29, 1.82) is 0 Å². The SMILES string of the molecule is Cc1ccc(C(=O)OCC2(CO)C/C(=C/c3ccc(C(F)(F)F)cc3)C(=O)O2)cc1. The van der Waals surface area contributed by atoms with Crippen LogP contribution in [-0.2, 0) is 20.4 Å². The molecular weight excluding hydrogens is 401 g/mol. The first-order valence-electron chi connectivity index (χ1n) is 9.08. The average Bonchev–Trinajstić information content (AvgIpc) is 3.02. The molecule has 30 heavy (non-hydrogen) atoms. The number of aliphatic hydroxyl groups excluding tert-OH is 1. The minimum atomic E-state index is -4.45. The summed E-state index contributed by atoms with van der Waals surface area (Å²) in [5, 5.41) is 9.74. The normalized spacial score (nSPS) is 20.3. The van der Waals surface area contributed by atoms with E-state index in [2.05, 4.69) is 0 Å². The molecule has 2 aromatic rings. The van der Waals surface area contributed by atoms with Crippen LogP contribution in [-0.4, -0.2) is 35.9 Å². The zero-order chi connectivity index (χ0) is 21.9. The number of alkyl halides is 3. The first-order chi connectivity index (χ1) is 14.1. The first-order valence-corrected chi connectivity index (χ1v) is 9.08. The molecule has 158 valence electrons. The van der Waals surface area contributed by atoms with E-state index < -0.39 is 35.9 Å². The molecule has 0 spiro atoms. The van der Waals surface area contributed by atoms with E-state index in [1.165, 1.54) is 18.2 Å². The third-order valence-corrected chi connectivity index (χ3v) is 4.70. The van der Waals surface area contributed by atoms with Crippen LogP contribution in [0.5, 0.6) is 0 Å². The molecule has 8 heteroatoms. The van der Waals surface area contributed by atoms with Gasteiger partial charge in [-0.05, 0) is 42.8 Å². The quantitative estimate of drug-likeness (QED) is 0.586. The predicted molar refractivity (Wildman–Crippen MR) is 101 cm³/mol. The van der Waals surface area contributed by atoms with E-state index >= 15 is 0 Å². The minimum absolute atomic E-state index is 0.0511. The van der Waals surface area contributed by atoms with Crippen LogP contribution < -0.4 is 0 Å². The Morgan fingerprint density at radius 1 is 1.17 bits per heavy atom. The largest absolute Gasteiger partial charge is 0.458 e. The van der Waals surface area contributed by atoms with Crippen LogP contribution in [0.1, 0.15) is 33.5 Å². The smallest absolute Gasteiger partial charge is 0.416 e. The molecule has 1 aliphatic heterocycles. The lowest BCUT2D eigenvalue weighted by Crippen LogP contribution is -2.39. The fraction of sp³-hybridized carbons (Fsp3) is 0.273. The molecule has 1 unspecified atom stereocenters. The van der Waals surface area contributed by atoms with E-state index in [1.807, 2.05) is 6.92 Å². The van der Waals surface area contributed by atoms with Gasteiger partial charge in [-0.2, -0.15) is 13.2 Å². The number of benzene rings is 2. The van der Waals surface area contributed by atoms with Gasteiger partial charge < -0.3 is 14.6 Å². The van der Waals surface area contributed by atoms with Crippen LogP contribution in [0, 0.1) is 6.92 Å². The van der Waals surface area contributed by atoms with Crippen molar-refractivity contribution < 1.29 is 37.3 Å². The highest BCUT2D eigenvalue weighted by atomic mass is 19.4. The summed E-state index contributed by atoms with van der Waals surface area (Å²) in [4.78, 5) is 24.4. The Kier molecular flexibility index (Phi) is 5.98. The lowest BCUT2D eigenvalue weighted by atomic mass is 9.97. The van der Waals surface area contributed by atoms with Gasteiger partial charge in [0.2, 0.25) is 0 Å². The standard InChI is InChI=1S/C22H19F3O5/c1-14-2-6-16(7-3-14)19(27)29-13-21(12-26)11-17(20(28)30-21)10-15-4-8-18(9-5-15)22(23,24)25/h2-10,26H,11-13H2,1H3/b17-10-. The van der Waals surface area contributed by atoms with Gasteiger partial charge in [-0.25, -0.2) is 9.59 Å². The van der Waals surface area contributed by atoms with E-state index in [9.17, 15) is 27.9 Å². The van der Waals surface area contributed by atoms with Gasteiger partial charge in [0.05, 0.1) is 17.7 Å². The molecule has 1 atom stereocenters. The van der Waals surface area contributed by atoms with Crippen molar-refractivity contribution in [2.75, 3.05) is 13.2 Å². The molecule has 0 saturated carbocycles. The van der Waals surface area contributed by atoms with E-state index in [0.29, 0.717) is 11.1 Å². The number of ether oxygens (including phenoxy) is 2. The number of cyclic esters (lactones) is 1. The molecule has 0 aromatic heterocycles. The maximum Gasteiger partial charge on any atom is 0.416 e. The fourth-order valence-corrected chi connectivity index (χ4v) is 2.98. The molecule has 0 bridgehead atoms. The van der Waals surface area contributed by atoms with Crippen molar-refractivity contribution in [2.24, 2.45) is 0 Å². The van der Waals surface area contributed by atoms with E-state index in [-0.39, 0.29) is 18.6 Å². The van der Waals surface area contributed by atoms with Crippen LogP contribution >= 0.6 is 0 Å². The lowest BCUT2D eigenvalue weighted by molar-refractivity contribution is -0.154. The van der Waals surface area contributed by atoms with Gasteiger partial charge in [0, 0.05) is 12.0 Å². The topological polar surface area (TPSA) is 72.8 Å². The summed E-state index contributed by atoms with van der Waals surface area (Å²) in [7, 11) is 0. The first kappa shape index (κ1) is 21.6. The highest BCUT2D eigenvalue weighted by molar-refractivity contribution is 5.96. The Labute approximate surface area is 170 Å². The third-order valence-electron chi connectivity index (χ3n) is 4.70. The van der Waals surface area contributed by atoms with Gasteiger partial charge in [-0.3, -0.25) is 0 Å². The number of carbonyl (C=O) groups excluding carboxylic acids is 2. The number of rotatable bonds is 5. The Bertz CT molecular complexity index is 962. The van der Waals surface area contributed by atoms with Crippen molar-refractivity contribution in [2.45, 2.75) is 25.1 Å². The second-order valence-corrected chi connectivity index (χ2v) is 7.14. The number of hydrogen-bond donors (Lipinski definition) is 1. The molecule has 1 fully saturated rings. The highest BCUT2D eigenvalue weighted by Crippen LogP contribution is 2.33. The second-order valence-electron chi connectivity index (χ2n) is 7.14. The number of carbonyl (C=O) groups is 2. The summed E-state index contributed by atoms with van der Waals surface area (Å²) in [5.41, 5.74) is -0.406. The third kappa shape index (κ3) is 4.88. The number of halogens is 3. The van der Waals surface area contributed by atoms with Crippen molar-refractivity contribution >= 4 is 18.0 Å². The highest BCUT2D eigenvalue weighted by Gasteiger charge is 2.44. The lowest BCUT2D eigenvalue weighted by Gasteiger charge is -2.24. The zero-order valence-electron chi connectivity index (χ0n) is 16.0. The van der Waals surface area contributed by atoms with Crippen LogP contribution in [0.4, 0.5) is 13.2 Å². The van der Waals surface area contributed by atoms with Gasteiger partial charge in [-0.1, -0.05) is 29.8 Å². The van der Waals surface area contributed by atoms with Gasteiger partial charge in [-0.15, -0.1) is 0 Å². The van der Waals surface area contributed by atoms with Gasteiger partial charge in [0.15, 0.2) is 5.60 Å². The molecular formula is C22H19F3O5. The summed E-state index contributed by atoms with van der Waals surface area (Å²) in [6.45, 7) is 0.939. The van der Waals surface area contributed by atoms with E-state index in [1.54, 1.807) is 24.3 Å². The minimum Gasteiger partial charge on any atom is -0.458 e. The van der Waals surface area contributed by atoms with Crippen molar-refractivity contribution in [1.82, 2.24) is 0 Å². The molecule has 0 radical (unpaired) electrons. The van der Waals surface area contributed by atoms with Gasteiger partial charge >= 0.3 is 18.1 Å². The Balaban J connectivity index is 1.70. The Hall–Kier alpha value is -3.13. The van der Waals surface area contributed by atoms with Crippen molar-refractivity contribution in [3.05, 3.63) is 76.4 Å². The molecule has 3 rings (SSSR count). The summed E-state index contributed by atoms with van der Waals surface area (Å²) in [5.74, 6) is -1.35. The van der Waals surface area contributed by atoms with E-state index in [4.69, 9.17) is 9.47 Å². The number of esters is 2. The molecule has 0 amide bonds. The van der Waals surface area contributed by atoms with Gasteiger partial charge in [0.25, 0.3) is 0 Å². The van der Waals surface area contributed by atoms with Gasteiger partial charge in [0.1, 0.15) is 6.61 Å².